The van der Waals surface area contributed by atoms with Crippen molar-refractivity contribution in [3.63, 3.8) is 0 Å². The lowest BCUT2D eigenvalue weighted by molar-refractivity contribution is 0.102. The second kappa shape index (κ2) is 7.97. The first-order valence-electron chi connectivity index (χ1n) is 8.79. The smallest absolute Gasteiger partial charge is 0.255 e. The zero-order valence-corrected chi connectivity index (χ0v) is 16.7. The van der Waals surface area contributed by atoms with Crippen molar-refractivity contribution in [1.29, 1.82) is 0 Å². The van der Waals surface area contributed by atoms with Gasteiger partial charge in [0.2, 0.25) is 0 Å². The molecule has 0 aliphatic heterocycles. The van der Waals surface area contributed by atoms with Crippen molar-refractivity contribution in [3.8, 4) is 21.8 Å². The van der Waals surface area contributed by atoms with Crippen LogP contribution in [-0.4, -0.2) is 10.9 Å². The molecule has 0 aliphatic carbocycles. The molecule has 0 saturated carbocycles. The second-order valence-electron chi connectivity index (χ2n) is 6.39. The Morgan fingerprint density at radius 1 is 0.929 bits per heavy atom. The van der Waals surface area contributed by atoms with Gasteiger partial charge in [0.1, 0.15) is 5.01 Å². The van der Waals surface area contributed by atoms with Crippen molar-refractivity contribution in [1.82, 2.24) is 4.98 Å². The zero-order valence-electron chi connectivity index (χ0n) is 15.1. The van der Waals surface area contributed by atoms with Gasteiger partial charge in [-0.25, -0.2) is 4.98 Å². The zero-order chi connectivity index (χ0) is 19.5. The van der Waals surface area contributed by atoms with Crippen LogP contribution in [0.5, 0.6) is 0 Å². The molecule has 0 aliphatic rings. The van der Waals surface area contributed by atoms with Gasteiger partial charge in [-0.05, 0) is 42.8 Å². The number of anilines is 1. The van der Waals surface area contributed by atoms with E-state index in [1.807, 2.05) is 85.1 Å². The summed E-state index contributed by atoms with van der Waals surface area (Å²) in [4.78, 5) is 17.2. The van der Waals surface area contributed by atoms with E-state index in [9.17, 15) is 4.79 Å². The average Bonchev–Trinajstić information content (AvgIpc) is 3.19. The van der Waals surface area contributed by atoms with E-state index in [2.05, 4.69) is 5.32 Å². The summed E-state index contributed by atoms with van der Waals surface area (Å²) in [5.41, 5.74) is 5.34. The minimum atomic E-state index is -0.107. The molecule has 3 aromatic carbocycles. The molecule has 0 fully saturated rings. The fraction of sp³-hybridized carbons (Fsp3) is 0.0435. The van der Waals surface area contributed by atoms with Gasteiger partial charge in [0.15, 0.2) is 0 Å². The maximum absolute atomic E-state index is 12.4. The van der Waals surface area contributed by atoms with Crippen LogP contribution in [0.15, 0.2) is 78.2 Å². The topological polar surface area (TPSA) is 42.0 Å². The van der Waals surface area contributed by atoms with Gasteiger partial charge >= 0.3 is 0 Å². The minimum absolute atomic E-state index is 0.107. The maximum atomic E-state index is 12.4. The Hall–Kier alpha value is -2.95. The van der Waals surface area contributed by atoms with Crippen LogP contribution in [-0.2, 0) is 0 Å². The van der Waals surface area contributed by atoms with Gasteiger partial charge < -0.3 is 5.32 Å². The van der Waals surface area contributed by atoms with E-state index in [0.29, 0.717) is 10.6 Å². The quantitative estimate of drug-likeness (QED) is 0.411. The van der Waals surface area contributed by atoms with Crippen LogP contribution in [0, 0.1) is 6.92 Å². The molecule has 0 spiro atoms. The Balaban J connectivity index is 1.50. The van der Waals surface area contributed by atoms with Crippen LogP contribution in [0.3, 0.4) is 0 Å². The Morgan fingerprint density at radius 3 is 2.32 bits per heavy atom. The molecule has 3 nitrogen and oxygen atoms in total. The summed E-state index contributed by atoms with van der Waals surface area (Å²) in [6, 6.07) is 22.9. The van der Waals surface area contributed by atoms with Gasteiger partial charge in [0.25, 0.3) is 5.91 Å². The molecule has 0 radical (unpaired) electrons. The molecule has 4 aromatic rings. The average molecular weight is 405 g/mol. The standard InChI is InChI=1S/C23H17ClN2OS/c1-15-4-2-3-5-20(15)22(27)25-19-12-8-16(9-13-19)21-14-28-23(26-21)17-6-10-18(24)11-7-17/h2-14H,1H3,(H,25,27). The highest BCUT2D eigenvalue weighted by atomic mass is 35.5. The monoisotopic (exact) mass is 404 g/mol. The molecule has 1 amide bonds. The lowest BCUT2D eigenvalue weighted by atomic mass is 10.1. The van der Waals surface area contributed by atoms with Crippen LogP contribution in [0.1, 0.15) is 15.9 Å². The number of carbonyl (C=O) groups is 1. The lowest BCUT2D eigenvalue weighted by Gasteiger charge is -2.08. The number of hydrogen-bond donors (Lipinski definition) is 1. The molecule has 138 valence electrons. The van der Waals surface area contributed by atoms with Crippen LogP contribution in [0.2, 0.25) is 5.02 Å². The molecular weight excluding hydrogens is 388 g/mol. The van der Waals surface area contributed by atoms with Gasteiger partial charge in [-0.15, -0.1) is 11.3 Å². The third-order valence-electron chi connectivity index (χ3n) is 4.42. The first-order chi connectivity index (χ1) is 13.6. The summed E-state index contributed by atoms with van der Waals surface area (Å²) in [5.74, 6) is -0.107. The molecule has 1 aromatic heterocycles. The fourth-order valence-corrected chi connectivity index (χ4v) is 3.84. The predicted octanol–water partition coefficient (Wildman–Crippen LogP) is 6.69. The number of rotatable bonds is 4. The molecule has 28 heavy (non-hydrogen) atoms. The highest BCUT2D eigenvalue weighted by Crippen LogP contribution is 2.30. The van der Waals surface area contributed by atoms with E-state index in [1.54, 1.807) is 11.3 Å². The van der Waals surface area contributed by atoms with E-state index in [4.69, 9.17) is 16.6 Å². The van der Waals surface area contributed by atoms with Crippen molar-refractivity contribution >= 4 is 34.5 Å². The number of benzene rings is 3. The van der Waals surface area contributed by atoms with Crippen molar-refractivity contribution < 1.29 is 4.79 Å². The second-order valence-corrected chi connectivity index (χ2v) is 7.69. The molecule has 1 N–H and O–H groups in total. The summed E-state index contributed by atoms with van der Waals surface area (Å²) in [6.45, 7) is 1.93. The van der Waals surface area contributed by atoms with E-state index in [-0.39, 0.29) is 5.91 Å². The number of hydrogen-bond acceptors (Lipinski definition) is 3. The molecule has 0 saturated heterocycles. The van der Waals surface area contributed by atoms with Crippen molar-refractivity contribution in [2.75, 3.05) is 5.32 Å². The molecule has 0 unspecified atom stereocenters. The SMILES string of the molecule is Cc1ccccc1C(=O)Nc1ccc(-c2csc(-c3ccc(Cl)cc3)n2)cc1. The molecule has 1 heterocycles. The summed E-state index contributed by atoms with van der Waals surface area (Å²) >= 11 is 7.54. The number of aryl methyl sites for hydroxylation is 1. The fourth-order valence-electron chi connectivity index (χ4n) is 2.88. The Bertz CT molecular complexity index is 1120. The number of aromatic nitrogens is 1. The first kappa shape index (κ1) is 18.4. The van der Waals surface area contributed by atoms with Gasteiger partial charge in [-0.1, -0.05) is 54.1 Å². The number of amides is 1. The van der Waals surface area contributed by atoms with Gasteiger partial charge in [-0.2, -0.15) is 0 Å². The summed E-state index contributed by atoms with van der Waals surface area (Å²) in [7, 11) is 0. The first-order valence-corrected chi connectivity index (χ1v) is 10.0. The summed E-state index contributed by atoms with van der Waals surface area (Å²) in [5, 5.41) is 6.64. The van der Waals surface area contributed by atoms with Crippen molar-refractivity contribution in [2.24, 2.45) is 0 Å². The number of nitrogens with one attached hydrogen (secondary N) is 1. The molecule has 0 bridgehead atoms. The van der Waals surface area contributed by atoms with Crippen molar-refractivity contribution in [3.05, 3.63) is 94.3 Å². The van der Waals surface area contributed by atoms with E-state index in [1.165, 1.54) is 0 Å². The number of nitrogens with zero attached hydrogens (tertiary/aromatic N) is 1. The largest absolute Gasteiger partial charge is 0.322 e. The number of halogens is 1. The predicted molar refractivity (Wildman–Crippen MR) is 117 cm³/mol. The van der Waals surface area contributed by atoms with Crippen molar-refractivity contribution in [2.45, 2.75) is 6.92 Å². The van der Waals surface area contributed by atoms with E-state index in [0.717, 1.165) is 33.1 Å². The highest BCUT2D eigenvalue weighted by molar-refractivity contribution is 7.13. The minimum Gasteiger partial charge on any atom is -0.322 e. The van der Waals surface area contributed by atoms with Gasteiger partial charge in [0, 0.05) is 32.8 Å². The van der Waals surface area contributed by atoms with Gasteiger partial charge in [0.05, 0.1) is 5.69 Å². The lowest BCUT2D eigenvalue weighted by Crippen LogP contribution is -2.13. The van der Waals surface area contributed by atoms with Crippen LogP contribution < -0.4 is 5.32 Å². The highest BCUT2D eigenvalue weighted by Gasteiger charge is 2.10. The molecule has 4 rings (SSSR count). The Labute approximate surface area is 172 Å². The number of carbonyl (C=O) groups excluding carboxylic acids is 1. The normalized spacial score (nSPS) is 10.6. The maximum Gasteiger partial charge on any atom is 0.255 e. The third kappa shape index (κ3) is 3.98. The van der Waals surface area contributed by atoms with Crippen LogP contribution in [0.25, 0.3) is 21.8 Å². The Kier molecular flexibility index (Phi) is 5.24. The molecule has 5 heteroatoms. The van der Waals surface area contributed by atoms with E-state index >= 15 is 0 Å². The summed E-state index contributed by atoms with van der Waals surface area (Å²) < 4.78 is 0. The van der Waals surface area contributed by atoms with Crippen LogP contribution >= 0.6 is 22.9 Å². The number of thiazole rings is 1. The molecular formula is C23H17ClN2OS. The molecule has 0 atom stereocenters. The summed E-state index contributed by atoms with van der Waals surface area (Å²) in [6.07, 6.45) is 0. The third-order valence-corrected chi connectivity index (χ3v) is 5.57. The van der Waals surface area contributed by atoms with Crippen LogP contribution in [0.4, 0.5) is 5.69 Å². The van der Waals surface area contributed by atoms with Gasteiger partial charge in [-0.3, -0.25) is 4.79 Å². The Morgan fingerprint density at radius 2 is 1.61 bits per heavy atom. The van der Waals surface area contributed by atoms with E-state index < -0.39 is 0 Å².